The predicted molar refractivity (Wildman–Crippen MR) is 83.7 cm³/mol. The summed E-state index contributed by atoms with van der Waals surface area (Å²) in [6, 6.07) is 6.03. The predicted octanol–water partition coefficient (Wildman–Crippen LogP) is 1.26. The maximum atomic E-state index is 13.5. The summed E-state index contributed by atoms with van der Waals surface area (Å²) in [5.74, 6) is -0.620. The highest BCUT2D eigenvalue weighted by atomic mass is 19.1. The number of para-hydroxylation sites is 1. The Balaban J connectivity index is 1.50. The number of rotatable bonds is 5. The van der Waals surface area contributed by atoms with Gasteiger partial charge < -0.3 is 19.6 Å². The maximum absolute atomic E-state index is 13.5. The third-order valence-corrected chi connectivity index (χ3v) is 4.59. The van der Waals surface area contributed by atoms with Crippen molar-refractivity contribution in [3.8, 4) is 5.75 Å². The first-order valence-electron chi connectivity index (χ1n) is 8.16. The lowest BCUT2D eigenvalue weighted by atomic mass is 10.0. The first kappa shape index (κ1) is 16.2. The molecule has 1 aromatic carbocycles. The van der Waals surface area contributed by atoms with Crippen LogP contribution in [0.1, 0.15) is 19.3 Å². The van der Waals surface area contributed by atoms with Crippen molar-refractivity contribution >= 4 is 5.91 Å². The van der Waals surface area contributed by atoms with E-state index in [4.69, 9.17) is 4.74 Å². The standard InChI is InChI=1S/C17H23FN2O3/c18-14-5-1-2-6-15(14)23-11-16(21)20-10-7-17(22,13-20)12-19-8-3-4-9-19/h1-2,5-6,22H,3-4,7-13H2. The minimum absolute atomic E-state index is 0.0763. The van der Waals surface area contributed by atoms with E-state index < -0.39 is 11.4 Å². The van der Waals surface area contributed by atoms with Crippen molar-refractivity contribution in [1.82, 2.24) is 9.80 Å². The summed E-state index contributed by atoms with van der Waals surface area (Å²) >= 11 is 0. The van der Waals surface area contributed by atoms with Crippen molar-refractivity contribution in [1.29, 1.82) is 0 Å². The van der Waals surface area contributed by atoms with E-state index in [-0.39, 0.29) is 18.3 Å². The number of likely N-dealkylation sites (tertiary alicyclic amines) is 2. The second-order valence-corrected chi connectivity index (χ2v) is 6.49. The Bertz CT molecular complexity index is 563. The number of nitrogens with zero attached hydrogens (tertiary/aromatic N) is 2. The molecule has 1 atom stereocenters. The second-order valence-electron chi connectivity index (χ2n) is 6.49. The molecule has 2 saturated heterocycles. The number of carbonyl (C=O) groups excluding carboxylic acids is 1. The Hall–Kier alpha value is -1.66. The highest BCUT2D eigenvalue weighted by molar-refractivity contribution is 5.78. The fourth-order valence-electron chi connectivity index (χ4n) is 3.35. The van der Waals surface area contributed by atoms with Crippen LogP contribution in [0.3, 0.4) is 0 Å². The summed E-state index contributed by atoms with van der Waals surface area (Å²) < 4.78 is 18.7. The van der Waals surface area contributed by atoms with Crippen LogP contribution >= 0.6 is 0 Å². The van der Waals surface area contributed by atoms with Crippen molar-refractivity contribution in [2.75, 3.05) is 39.3 Å². The van der Waals surface area contributed by atoms with E-state index in [0.717, 1.165) is 13.1 Å². The van der Waals surface area contributed by atoms with Crippen LogP contribution in [0.15, 0.2) is 24.3 Å². The zero-order chi connectivity index (χ0) is 16.3. The van der Waals surface area contributed by atoms with E-state index in [2.05, 4.69) is 4.90 Å². The van der Waals surface area contributed by atoms with Gasteiger partial charge in [0.15, 0.2) is 18.2 Å². The summed E-state index contributed by atoms with van der Waals surface area (Å²) in [6.07, 6.45) is 2.93. The largest absolute Gasteiger partial charge is 0.481 e. The summed E-state index contributed by atoms with van der Waals surface area (Å²) in [5, 5.41) is 10.7. The number of ether oxygens (including phenoxy) is 1. The van der Waals surface area contributed by atoms with Crippen LogP contribution in [0.25, 0.3) is 0 Å². The quantitative estimate of drug-likeness (QED) is 0.887. The summed E-state index contributed by atoms with van der Waals surface area (Å²) in [6.45, 7) is 3.29. The molecule has 2 fully saturated rings. The van der Waals surface area contributed by atoms with Gasteiger partial charge in [-0.2, -0.15) is 0 Å². The van der Waals surface area contributed by atoms with Gasteiger partial charge in [0.2, 0.25) is 0 Å². The van der Waals surface area contributed by atoms with E-state index in [1.54, 1.807) is 17.0 Å². The second kappa shape index (κ2) is 6.84. The zero-order valence-corrected chi connectivity index (χ0v) is 13.2. The first-order chi connectivity index (χ1) is 11.1. The number of aliphatic hydroxyl groups is 1. The Morgan fingerprint density at radius 2 is 2.00 bits per heavy atom. The van der Waals surface area contributed by atoms with Crippen LogP contribution in [0.4, 0.5) is 4.39 Å². The molecular formula is C17H23FN2O3. The fourth-order valence-corrected chi connectivity index (χ4v) is 3.35. The molecule has 126 valence electrons. The molecule has 1 unspecified atom stereocenters. The molecule has 5 nitrogen and oxygen atoms in total. The summed E-state index contributed by atoms with van der Waals surface area (Å²) in [5.41, 5.74) is -0.835. The molecule has 1 N–H and O–H groups in total. The minimum atomic E-state index is -0.835. The summed E-state index contributed by atoms with van der Waals surface area (Å²) in [7, 11) is 0. The average Bonchev–Trinajstić information content (AvgIpc) is 3.16. The van der Waals surface area contributed by atoms with Gasteiger partial charge in [0, 0.05) is 13.1 Å². The molecule has 2 aliphatic heterocycles. The molecule has 1 aromatic rings. The van der Waals surface area contributed by atoms with Gasteiger partial charge in [0.1, 0.15) is 0 Å². The van der Waals surface area contributed by atoms with Gasteiger partial charge >= 0.3 is 0 Å². The molecular weight excluding hydrogens is 299 g/mol. The number of carbonyl (C=O) groups is 1. The van der Waals surface area contributed by atoms with Gasteiger partial charge in [-0.25, -0.2) is 4.39 Å². The number of β-amino-alcohol motifs (C(OH)–C–C–N with tert-alkyl or cyclic N) is 1. The molecule has 1 amide bonds. The van der Waals surface area contributed by atoms with Gasteiger partial charge in [-0.05, 0) is 44.5 Å². The van der Waals surface area contributed by atoms with E-state index >= 15 is 0 Å². The van der Waals surface area contributed by atoms with Crippen molar-refractivity contribution in [3.05, 3.63) is 30.1 Å². The minimum Gasteiger partial charge on any atom is -0.481 e. The van der Waals surface area contributed by atoms with Crippen molar-refractivity contribution < 1.29 is 19.0 Å². The Morgan fingerprint density at radius 3 is 2.74 bits per heavy atom. The van der Waals surface area contributed by atoms with Gasteiger partial charge in [-0.1, -0.05) is 12.1 Å². The molecule has 0 saturated carbocycles. The van der Waals surface area contributed by atoms with Crippen LogP contribution in [0.2, 0.25) is 0 Å². The molecule has 0 spiro atoms. The normalized spacial score (nSPS) is 25.0. The number of amides is 1. The van der Waals surface area contributed by atoms with E-state index in [1.807, 2.05) is 0 Å². The third-order valence-electron chi connectivity index (χ3n) is 4.59. The molecule has 2 heterocycles. The van der Waals surface area contributed by atoms with E-state index in [0.29, 0.717) is 26.1 Å². The molecule has 6 heteroatoms. The highest BCUT2D eigenvalue weighted by Gasteiger charge is 2.39. The molecule has 0 radical (unpaired) electrons. The van der Waals surface area contributed by atoms with Crippen LogP contribution in [-0.4, -0.2) is 65.7 Å². The Kier molecular flexibility index (Phi) is 4.82. The van der Waals surface area contributed by atoms with E-state index in [1.165, 1.54) is 25.0 Å². The molecule has 23 heavy (non-hydrogen) atoms. The lowest BCUT2D eigenvalue weighted by Gasteiger charge is -2.28. The number of halogens is 1. The van der Waals surface area contributed by atoms with Crippen LogP contribution in [0, 0.1) is 5.82 Å². The number of hydrogen-bond acceptors (Lipinski definition) is 4. The van der Waals surface area contributed by atoms with Crippen molar-refractivity contribution in [2.45, 2.75) is 24.9 Å². The highest BCUT2D eigenvalue weighted by Crippen LogP contribution is 2.24. The molecule has 0 aliphatic carbocycles. The SMILES string of the molecule is O=C(COc1ccccc1F)N1CCC(O)(CN2CCCC2)C1. The maximum Gasteiger partial charge on any atom is 0.260 e. The van der Waals surface area contributed by atoms with Gasteiger partial charge in [0.05, 0.1) is 12.1 Å². The monoisotopic (exact) mass is 322 g/mol. The molecule has 0 aromatic heterocycles. The molecule has 3 rings (SSSR count). The lowest BCUT2D eigenvalue weighted by Crippen LogP contribution is -2.45. The van der Waals surface area contributed by atoms with Gasteiger partial charge in [0.25, 0.3) is 5.91 Å². The number of benzene rings is 1. The smallest absolute Gasteiger partial charge is 0.260 e. The van der Waals surface area contributed by atoms with Crippen molar-refractivity contribution in [3.63, 3.8) is 0 Å². The average molecular weight is 322 g/mol. The van der Waals surface area contributed by atoms with Crippen LogP contribution in [0.5, 0.6) is 5.75 Å². The van der Waals surface area contributed by atoms with Crippen molar-refractivity contribution in [2.24, 2.45) is 0 Å². The zero-order valence-electron chi connectivity index (χ0n) is 13.2. The third kappa shape index (κ3) is 4.00. The summed E-state index contributed by atoms with van der Waals surface area (Å²) in [4.78, 5) is 16.1. The number of hydrogen-bond donors (Lipinski definition) is 1. The molecule has 0 bridgehead atoms. The Morgan fingerprint density at radius 1 is 1.26 bits per heavy atom. The Labute approximate surface area is 135 Å². The van der Waals surface area contributed by atoms with Crippen LogP contribution < -0.4 is 4.74 Å². The lowest BCUT2D eigenvalue weighted by molar-refractivity contribution is -0.133. The molecule has 2 aliphatic rings. The topological polar surface area (TPSA) is 53.0 Å². The van der Waals surface area contributed by atoms with E-state index in [9.17, 15) is 14.3 Å². The first-order valence-corrected chi connectivity index (χ1v) is 8.16. The van der Waals surface area contributed by atoms with Gasteiger partial charge in [-0.3, -0.25) is 4.79 Å². The fraction of sp³-hybridized carbons (Fsp3) is 0.588. The van der Waals surface area contributed by atoms with Gasteiger partial charge in [-0.15, -0.1) is 0 Å². The van der Waals surface area contributed by atoms with Crippen LogP contribution in [-0.2, 0) is 4.79 Å².